The molecule has 0 aromatic rings. The molecular formula is C7H16FNO. The van der Waals surface area contributed by atoms with Crippen LogP contribution in [0.4, 0.5) is 4.39 Å². The van der Waals surface area contributed by atoms with E-state index in [9.17, 15) is 4.39 Å². The Kier molecular flexibility index (Phi) is 6.86. The lowest BCUT2D eigenvalue weighted by Gasteiger charge is -2.13. The maximum Gasteiger partial charge on any atom is 0.0894 e. The number of rotatable bonds is 6. The highest BCUT2D eigenvalue weighted by Gasteiger charge is 1.94. The fraction of sp³-hybridized carbons (Fsp3) is 1.00. The van der Waals surface area contributed by atoms with Crippen molar-refractivity contribution in [2.45, 2.75) is 12.8 Å². The lowest BCUT2D eigenvalue weighted by molar-refractivity contribution is 0.218. The minimum Gasteiger partial charge on any atom is -0.395 e. The summed E-state index contributed by atoms with van der Waals surface area (Å²) in [4.78, 5) is 2.00. The molecule has 0 radical (unpaired) electrons. The third-order valence-electron chi connectivity index (χ3n) is 1.41. The molecule has 0 unspecified atom stereocenters. The third kappa shape index (κ3) is 5.98. The number of hydrogen-bond donors (Lipinski definition) is 1. The molecule has 1 N–H and O–H groups in total. The normalized spacial score (nSPS) is 10.8. The summed E-state index contributed by atoms with van der Waals surface area (Å²) in [6.07, 6.45) is 1.52. The van der Waals surface area contributed by atoms with E-state index >= 15 is 0 Å². The summed E-state index contributed by atoms with van der Waals surface area (Å²) in [6, 6.07) is 0. The van der Waals surface area contributed by atoms with Crippen molar-refractivity contribution in [3.8, 4) is 0 Å². The minimum atomic E-state index is -0.229. The molecule has 62 valence electrons. The van der Waals surface area contributed by atoms with Gasteiger partial charge in [-0.2, -0.15) is 0 Å². The Morgan fingerprint density at radius 3 is 2.50 bits per heavy atom. The van der Waals surface area contributed by atoms with E-state index in [4.69, 9.17) is 5.11 Å². The third-order valence-corrected chi connectivity index (χ3v) is 1.41. The molecule has 0 aliphatic carbocycles. The summed E-state index contributed by atoms with van der Waals surface area (Å²) in [7, 11) is 1.93. The van der Waals surface area contributed by atoms with Crippen LogP contribution >= 0.6 is 0 Å². The van der Waals surface area contributed by atoms with Gasteiger partial charge in [0, 0.05) is 6.54 Å². The lowest BCUT2D eigenvalue weighted by atomic mass is 10.3. The van der Waals surface area contributed by atoms with Gasteiger partial charge in [-0.05, 0) is 26.4 Å². The zero-order chi connectivity index (χ0) is 7.82. The van der Waals surface area contributed by atoms with Gasteiger partial charge in [0.25, 0.3) is 0 Å². The molecule has 0 saturated carbocycles. The number of halogens is 1. The van der Waals surface area contributed by atoms with E-state index in [0.29, 0.717) is 13.0 Å². The predicted octanol–water partition coefficient (Wildman–Crippen LogP) is 0.660. The van der Waals surface area contributed by atoms with E-state index in [1.165, 1.54) is 0 Å². The van der Waals surface area contributed by atoms with Gasteiger partial charge in [-0.1, -0.05) is 0 Å². The van der Waals surface area contributed by atoms with Crippen molar-refractivity contribution in [1.29, 1.82) is 0 Å². The van der Waals surface area contributed by atoms with E-state index in [1.54, 1.807) is 0 Å². The molecule has 0 fully saturated rings. The van der Waals surface area contributed by atoms with Gasteiger partial charge < -0.3 is 10.0 Å². The van der Waals surface area contributed by atoms with Crippen molar-refractivity contribution in [2.24, 2.45) is 0 Å². The Hall–Kier alpha value is -0.150. The molecule has 0 bridgehead atoms. The molecule has 2 nitrogen and oxygen atoms in total. The highest BCUT2D eigenvalue weighted by molar-refractivity contribution is 4.49. The highest BCUT2D eigenvalue weighted by atomic mass is 19.1. The van der Waals surface area contributed by atoms with Crippen molar-refractivity contribution in [1.82, 2.24) is 4.90 Å². The molecule has 0 spiro atoms. The van der Waals surface area contributed by atoms with Crippen molar-refractivity contribution >= 4 is 0 Å². The van der Waals surface area contributed by atoms with E-state index in [2.05, 4.69) is 0 Å². The summed E-state index contributed by atoms with van der Waals surface area (Å²) in [5, 5.41) is 8.48. The summed E-state index contributed by atoms with van der Waals surface area (Å²) in [5.41, 5.74) is 0. The molecule has 0 rings (SSSR count). The molecule has 0 heterocycles. The number of aliphatic hydroxyl groups excluding tert-OH is 1. The van der Waals surface area contributed by atoms with Gasteiger partial charge in [0.15, 0.2) is 0 Å². The largest absolute Gasteiger partial charge is 0.395 e. The second kappa shape index (κ2) is 6.96. The second-order valence-corrected chi connectivity index (χ2v) is 2.42. The molecule has 10 heavy (non-hydrogen) atoms. The van der Waals surface area contributed by atoms with Crippen molar-refractivity contribution in [3.05, 3.63) is 0 Å². The summed E-state index contributed by atoms with van der Waals surface area (Å²) < 4.78 is 11.6. The van der Waals surface area contributed by atoms with Gasteiger partial charge in [0.2, 0.25) is 0 Å². The van der Waals surface area contributed by atoms with Crippen molar-refractivity contribution in [2.75, 3.05) is 33.4 Å². The summed E-state index contributed by atoms with van der Waals surface area (Å²) in [5.74, 6) is 0. The lowest BCUT2D eigenvalue weighted by Crippen LogP contribution is -2.23. The molecule has 0 atom stereocenters. The predicted molar refractivity (Wildman–Crippen MR) is 39.8 cm³/mol. The van der Waals surface area contributed by atoms with E-state index in [-0.39, 0.29) is 13.3 Å². The van der Waals surface area contributed by atoms with Gasteiger partial charge in [0.1, 0.15) is 0 Å². The van der Waals surface area contributed by atoms with Crippen LogP contribution in [0, 0.1) is 0 Å². The Labute approximate surface area is 61.6 Å². The van der Waals surface area contributed by atoms with Crippen LogP contribution in [0.2, 0.25) is 0 Å². The number of likely N-dealkylation sites (N-methyl/N-ethyl adjacent to an activating group) is 1. The van der Waals surface area contributed by atoms with Gasteiger partial charge >= 0.3 is 0 Å². The first-order chi connectivity index (χ1) is 4.81. The van der Waals surface area contributed by atoms with Gasteiger partial charge in [-0.25, -0.2) is 0 Å². The first kappa shape index (κ1) is 9.85. The maximum absolute atomic E-state index is 11.6. The van der Waals surface area contributed by atoms with Crippen molar-refractivity contribution in [3.63, 3.8) is 0 Å². The standard InChI is InChI=1S/C7H16FNO/c1-9(6-7-10)5-3-2-4-8/h10H,2-7H2,1H3. The first-order valence-electron chi connectivity index (χ1n) is 3.66. The topological polar surface area (TPSA) is 23.5 Å². The maximum atomic E-state index is 11.6. The van der Waals surface area contributed by atoms with Crippen LogP contribution in [0.25, 0.3) is 0 Å². The molecule has 0 aliphatic heterocycles. The fourth-order valence-electron chi connectivity index (χ4n) is 0.759. The van der Waals surface area contributed by atoms with Crippen LogP contribution in [-0.4, -0.2) is 43.4 Å². The Bertz CT molecular complexity index is 70.6. The van der Waals surface area contributed by atoms with E-state index in [1.807, 2.05) is 11.9 Å². The number of nitrogens with zero attached hydrogens (tertiary/aromatic N) is 1. The zero-order valence-corrected chi connectivity index (χ0v) is 6.52. The molecule has 0 aromatic heterocycles. The first-order valence-corrected chi connectivity index (χ1v) is 3.66. The quantitative estimate of drug-likeness (QED) is 0.561. The zero-order valence-electron chi connectivity index (χ0n) is 6.52. The number of hydrogen-bond acceptors (Lipinski definition) is 2. The number of aliphatic hydroxyl groups is 1. The smallest absolute Gasteiger partial charge is 0.0894 e. The average Bonchev–Trinajstić information content (AvgIpc) is 1.89. The fourth-order valence-corrected chi connectivity index (χ4v) is 0.759. The van der Waals surface area contributed by atoms with E-state index < -0.39 is 0 Å². The Morgan fingerprint density at radius 1 is 1.30 bits per heavy atom. The van der Waals surface area contributed by atoms with Gasteiger partial charge in [-0.3, -0.25) is 4.39 Å². The molecule has 0 amide bonds. The monoisotopic (exact) mass is 149 g/mol. The molecule has 0 aromatic carbocycles. The SMILES string of the molecule is CN(CCO)CCCCF. The minimum absolute atomic E-state index is 0.187. The number of unbranched alkanes of at least 4 members (excludes halogenated alkanes) is 1. The van der Waals surface area contributed by atoms with Crippen LogP contribution in [0.5, 0.6) is 0 Å². The summed E-state index contributed by atoms with van der Waals surface area (Å²) >= 11 is 0. The molecular weight excluding hydrogens is 133 g/mol. The van der Waals surface area contributed by atoms with Gasteiger partial charge in [0.05, 0.1) is 13.3 Å². The van der Waals surface area contributed by atoms with Crippen LogP contribution in [0.1, 0.15) is 12.8 Å². The Morgan fingerprint density at radius 2 is 2.00 bits per heavy atom. The van der Waals surface area contributed by atoms with Gasteiger partial charge in [-0.15, -0.1) is 0 Å². The second-order valence-electron chi connectivity index (χ2n) is 2.42. The summed E-state index contributed by atoms with van der Waals surface area (Å²) in [6.45, 7) is 1.52. The van der Waals surface area contributed by atoms with Crippen LogP contribution in [0.15, 0.2) is 0 Å². The Balaban J connectivity index is 2.97. The van der Waals surface area contributed by atoms with Crippen LogP contribution < -0.4 is 0 Å². The van der Waals surface area contributed by atoms with E-state index in [0.717, 1.165) is 13.0 Å². The van der Waals surface area contributed by atoms with Crippen LogP contribution in [-0.2, 0) is 0 Å². The molecule has 0 aliphatic rings. The van der Waals surface area contributed by atoms with Crippen LogP contribution in [0.3, 0.4) is 0 Å². The molecule has 3 heteroatoms. The average molecular weight is 149 g/mol. The highest BCUT2D eigenvalue weighted by Crippen LogP contribution is 1.92. The molecule has 0 saturated heterocycles. The number of alkyl halides is 1. The van der Waals surface area contributed by atoms with Crippen molar-refractivity contribution < 1.29 is 9.50 Å².